The van der Waals surface area contributed by atoms with Gasteiger partial charge >= 0.3 is 12.4 Å². The molecule has 0 amide bonds. The molecule has 0 atom stereocenters. The third-order valence-corrected chi connectivity index (χ3v) is 2.98. The highest BCUT2D eigenvalue weighted by atomic mass is 35.5. The van der Waals surface area contributed by atoms with E-state index < -0.39 is 28.9 Å². The van der Waals surface area contributed by atoms with Gasteiger partial charge in [-0.05, 0) is 12.1 Å². The number of rotatable bonds is 2. The molecule has 0 N–H and O–H groups in total. The maximum Gasteiger partial charge on any atom is 0.407 e. The number of carbonyl (C=O) groups excluding carboxylic acids is 1. The highest BCUT2D eigenvalue weighted by Gasteiger charge is 2.61. The van der Waals surface area contributed by atoms with E-state index in [1.807, 2.05) is 0 Å². The fourth-order valence-corrected chi connectivity index (χ4v) is 2.08. The topological polar surface area (TPSA) is 17.1 Å². The van der Waals surface area contributed by atoms with Crippen molar-refractivity contribution in [2.75, 3.05) is 0 Å². The first-order valence-corrected chi connectivity index (χ1v) is 5.16. The van der Waals surface area contributed by atoms with Crippen LogP contribution < -0.4 is 0 Å². The summed E-state index contributed by atoms with van der Waals surface area (Å²) in [4.78, 5) is 10.5. The highest BCUT2D eigenvalue weighted by Crippen LogP contribution is 2.42. The van der Waals surface area contributed by atoms with Crippen LogP contribution in [-0.4, -0.2) is 18.1 Å². The van der Waals surface area contributed by atoms with Crippen LogP contribution in [0.3, 0.4) is 0 Å². The number of hydrogen-bond donors (Lipinski definition) is 0. The van der Waals surface area contributed by atoms with Crippen molar-refractivity contribution in [3.05, 3.63) is 21.3 Å². The van der Waals surface area contributed by atoms with Crippen LogP contribution in [0.15, 0.2) is 12.1 Å². The van der Waals surface area contributed by atoms with Gasteiger partial charge in [0, 0.05) is 0 Å². The largest absolute Gasteiger partial charge is 0.407 e. The van der Waals surface area contributed by atoms with Gasteiger partial charge < -0.3 is 0 Å². The van der Waals surface area contributed by atoms with Crippen LogP contribution in [-0.2, 0) is 0 Å². The average Bonchev–Trinajstić information content (AvgIpc) is 2.45. The number of carbonyl (C=O) groups is 1. The Morgan fingerprint density at radius 1 is 1.12 bits per heavy atom. The molecular formula is C8H3ClF6OS. The molecule has 1 nitrogen and oxygen atoms in total. The van der Waals surface area contributed by atoms with Gasteiger partial charge in [-0.15, -0.1) is 11.3 Å². The average molecular weight is 297 g/mol. The summed E-state index contributed by atoms with van der Waals surface area (Å²) in [5.74, 6) is -6.05. The van der Waals surface area contributed by atoms with Crippen molar-refractivity contribution in [2.45, 2.75) is 12.4 Å². The minimum absolute atomic E-state index is 0.0588. The molecule has 0 radical (unpaired) electrons. The number of ketones is 1. The molecule has 0 spiro atoms. The molecule has 0 saturated heterocycles. The van der Waals surface area contributed by atoms with E-state index in [-0.39, 0.29) is 4.34 Å². The Labute approximate surface area is 100.0 Å². The first-order chi connectivity index (χ1) is 7.53. The third kappa shape index (κ3) is 3.35. The monoisotopic (exact) mass is 296 g/mol. The zero-order valence-electron chi connectivity index (χ0n) is 7.69. The van der Waals surface area contributed by atoms with Crippen LogP contribution >= 0.6 is 22.9 Å². The predicted octanol–water partition coefficient (Wildman–Crippen LogP) is 4.33. The molecule has 0 aliphatic carbocycles. The van der Waals surface area contributed by atoms with Crippen molar-refractivity contribution >= 4 is 28.7 Å². The summed E-state index contributed by atoms with van der Waals surface area (Å²) in [5, 5.41) is 0. The summed E-state index contributed by atoms with van der Waals surface area (Å²) in [5.41, 5.74) is 0. The maximum atomic E-state index is 12.2. The molecule has 1 rings (SSSR count). The van der Waals surface area contributed by atoms with Crippen molar-refractivity contribution in [2.24, 2.45) is 5.92 Å². The van der Waals surface area contributed by atoms with E-state index >= 15 is 0 Å². The van der Waals surface area contributed by atoms with Gasteiger partial charge in [0.2, 0.25) is 5.92 Å². The van der Waals surface area contributed by atoms with Crippen LogP contribution in [0.5, 0.6) is 0 Å². The lowest BCUT2D eigenvalue weighted by Crippen LogP contribution is -2.42. The van der Waals surface area contributed by atoms with E-state index in [4.69, 9.17) is 11.6 Å². The summed E-state index contributed by atoms with van der Waals surface area (Å²) in [7, 11) is 0. The summed E-state index contributed by atoms with van der Waals surface area (Å²) >= 11 is 5.71. The first-order valence-electron chi connectivity index (χ1n) is 3.96. The molecule has 17 heavy (non-hydrogen) atoms. The molecule has 1 aromatic heterocycles. The van der Waals surface area contributed by atoms with Gasteiger partial charge in [-0.3, -0.25) is 4.79 Å². The second-order valence-electron chi connectivity index (χ2n) is 2.98. The van der Waals surface area contributed by atoms with Crippen molar-refractivity contribution in [1.29, 1.82) is 0 Å². The van der Waals surface area contributed by atoms with E-state index in [0.29, 0.717) is 11.3 Å². The predicted molar refractivity (Wildman–Crippen MR) is 49.3 cm³/mol. The van der Waals surface area contributed by atoms with E-state index in [0.717, 1.165) is 12.1 Å². The van der Waals surface area contributed by atoms with E-state index in [9.17, 15) is 31.1 Å². The number of alkyl halides is 6. The van der Waals surface area contributed by atoms with Crippen LogP contribution in [0, 0.1) is 5.92 Å². The lowest BCUT2D eigenvalue weighted by Gasteiger charge is -2.20. The molecule has 0 aliphatic rings. The van der Waals surface area contributed by atoms with Crippen LogP contribution in [0.1, 0.15) is 9.67 Å². The van der Waals surface area contributed by atoms with Crippen LogP contribution in [0.25, 0.3) is 0 Å². The lowest BCUT2D eigenvalue weighted by atomic mass is 10.0. The molecule has 0 unspecified atom stereocenters. The molecule has 9 heteroatoms. The standard InChI is InChI=1S/C8H3ClF6OS/c9-4-2-1-3(17-4)5(16)6(7(10,11)12)8(13,14)15/h1-2,6H. The minimum atomic E-state index is -5.67. The van der Waals surface area contributed by atoms with Gasteiger partial charge in [-0.1, -0.05) is 11.6 Å². The zero-order chi connectivity index (χ0) is 13.4. The molecule has 0 saturated carbocycles. The number of Topliss-reactive ketones (excluding diaryl/α,β-unsaturated/α-hetero) is 1. The summed E-state index contributed by atoms with van der Waals surface area (Å²) in [6.45, 7) is 0. The molecule has 96 valence electrons. The molecule has 0 fully saturated rings. The van der Waals surface area contributed by atoms with Gasteiger partial charge in [0.1, 0.15) is 0 Å². The lowest BCUT2D eigenvalue weighted by molar-refractivity contribution is -0.264. The highest BCUT2D eigenvalue weighted by molar-refractivity contribution is 7.18. The van der Waals surface area contributed by atoms with Crippen LogP contribution in [0.2, 0.25) is 4.34 Å². The smallest absolute Gasteiger partial charge is 0.292 e. The Hall–Kier alpha value is -0.760. The zero-order valence-corrected chi connectivity index (χ0v) is 9.27. The van der Waals surface area contributed by atoms with Crippen molar-refractivity contribution in [1.82, 2.24) is 0 Å². The minimum Gasteiger partial charge on any atom is -0.292 e. The fraction of sp³-hybridized carbons (Fsp3) is 0.375. The second kappa shape index (κ2) is 4.49. The Morgan fingerprint density at radius 2 is 1.59 bits per heavy atom. The Balaban J connectivity index is 3.13. The first kappa shape index (κ1) is 14.3. The molecular weight excluding hydrogens is 294 g/mol. The van der Waals surface area contributed by atoms with Crippen molar-refractivity contribution < 1.29 is 31.1 Å². The molecule has 0 aromatic carbocycles. The third-order valence-electron chi connectivity index (χ3n) is 1.73. The van der Waals surface area contributed by atoms with Gasteiger partial charge in [-0.25, -0.2) is 0 Å². The summed E-state index contributed by atoms with van der Waals surface area (Å²) in [6.07, 6.45) is -11.3. The normalized spacial score (nSPS) is 13.2. The van der Waals surface area contributed by atoms with Crippen molar-refractivity contribution in [3.63, 3.8) is 0 Å². The van der Waals surface area contributed by atoms with Gasteiger partial charge in [-0.2, -0.15) is 26.3 Å². The molecule has 1 heterocycles. The number of halogens is 7. The van der Waals surface area contributed by atoms with E-state index in [1.54, 1.807) is 0 Å². The van der Waals surface area contributed by atoms with E-state index in [2.05, 4.69) is 0 Å². The van der Waals surface area contributed by atoms with Gasteiger partial charge in [0.15, 0.2) is 5.78 Å². The molecule has 0 aliphatic heterocycles. The number of thiophene rings is 1. The SMILES string of the molecule is O=C(c1ccc(Cl)s1)C(C(F)(F)F)C(F)(F)F. The summed E-state index contributed by atoms with van der Waals surface area (Å²) in [6, 6.07) is 1.89. The summed E-state index contributed by atoms with van der Waals surface area (Å²) < 4.78 is 73.1. The molecule has 1 aromatic rings. The Bertz CT molecular complexity index is 406. The van der Waals surface area contributed by atoms with Crippen LogP contribution in [0.4, 0.5) is 26.3 Å². The van der Waals surface area contributed by atoms with E-state index in [1.165, 1.54) is 0 Å². The van der Waals surface area contributed by atoms with Gasteiger partial charge in [0.25, 0.3) is 0 Å². The Morgan fingerprint density at radius 3 is 1.88 bits per heavy atom. The maximum absolute atomic E-state index is 12.2. The van der Waals surface area contributed by atoms with Gasteiger partial charge in [0.05, 0.1) is 9.21 Å². The van der Waals surface area contributed by atoms with Crippen molar-refractivity contribution in [3.8, 4) is 0 Å². The quantitative estimate of drug-likeness (QED) is 0.586. The second-order valence-corrected chi connectivity index (χ2v) is 4.70. The Kier molecular flexibility index (Phi) is 3.78. The molecule has 0 bridgehead atoms. The number of hydrogen-bond acceptors (Lipinski definition) is 2. The fourth-order valence-electron chi connectivity index (χ4n) is 1.07.